The molecule has 0 radical (unpaired) electrons. The van der Waals surface area contributed by atoms with Crippen molar-refractivity contribution in [3.63, 3.8) is 0 Å². The van der Waals surface area contributed by atoms with Gasteiger partial charge in [-0.1, -0.05) is 75.4 Å². The summed E-state index contributed by atoms with van der Waals surface area (Å²) in [6.07, 6.45) is 2.17. The van der Waals surface area contributed by atoms with Crippen molar-refractivity contribution in [1.29, 1.82) is 0 Å². The Morgan fingerprint density at radius 3 is 1.86 bits per heavy atom. The highest BCUT2D eigenvalue weighted by Gasteiger charge is 2.25. The van der Waals surface area contributed by atoms with Crippen molar-refractivity contribution in [2.75, 3.05) is 0 Å². The molecule has 0 saturated heterocycles. The van der Waals surface area contributed by atoms with E-state index in [0.717, 1.165) is 6.42 Å². The van der Waals surface area contributed by atoms with E-state index in [0.29, 0.717) is 18.8 Å². The van der Waals surface area contributed by atoms with Crippen molar-refractivity contribution in [2.45, 2.75) is 51.6 Å². The third-order valence-corrected chi connectivity index (χ3v) is 4.21. The summed E-state index contributed by atoms with van der Waals surface area (Å²) in [6.45, 7) is 6.46. The lowest BCUT2D eigenvalue weighted by Gasteiger charge is -2.27. The Balaban J connectivity index is 2.10. The maximum Gasteiger partial charge on any atom is 0.0725 e. The first kappa shape index (κ1) is 15.8. The summed E-state index contributed by atoms with van der Waals surface area (Å²) in [5.41, 5.74) is 3.09. The molecule has 0 aliphatic rings. The summed E-state index contributed by atoms with van der Waals surface area (Å²) in [4.78, 5) is 0. The van der Waals surface area contributed by atoms with Crippen LogP contribution in [-0.2, 0) is 12.8 Å². The van der Waals surface area contributed by atoms with Gasteiger partial charge >= 0.3 is 0 Å². The predicted molar refractivity (Wildman–Crippen MR) is 89.6 cm³/mol. The lowest BCUT2D eigenvalue weighted by atomic mass is 9.85. The molecule has 0 aliphatic carbocycles. The standard InChI is InChI=1S/C20H26O/c1-4-20(21,14-17-8-6-5-7-9-17)15-18-10-12-19(13-11-18)16(2)3/h5-13,16,21H,4,14-15H2,1-3H3. The molecule has 0 aromatic heterocycles. The zero-order valence-electron chi connectivity index (χ0n) is 13.3. The minimum absolute atomic E-state index is 0.549. The number of rotatable bonds is 6. The molecular weight excluding hydrogens is 256 g/mol. The monoisotopic (exact) mass is 282 g/mol. The molecule has 0 amide bonds. The molecule has 2 aromatic rings. The highest BCUT2D eigenvalue weighted by Crippen LogP contribution is 2.24. The SMILES string of the molecule is CCC(O)(Cc1ccccc1)Cc1ccc(C(C)C)cc1. The van der Waals surface area contributed by atoms with Crippen LogP contribution >= 0.6 is 0 Å². The van der Waals surface area contributed by atoms with Gasteiger partial charge in [-0.25, -0.2) is 0 Å². The highest BCUT2D eigenvalue weighted by molar-refractivity contribution is 5.26. The van der Waals surface area contributed by atoms with E-state index in [1.165, 1.54) is 16.7 Å². The zero-order chi connectivity index (χ0) is 15.3. The van der Waals surface area contributed by atoms with E-state index >= 15 is 0 Å². The van der Waals surface area contributed by atoms with Crippen LogP contribution in [0.25, 0.3) is 0 Å². The fourth-order valence-electron chi connectivity index (χ4n) is 2.69. The molecule has 2 aromatic carbocycles. The Bertz CT molecular complexity index is 542. The third kappa shape index (κ3) is 4.44. The quantitative estimate of drug-likeness (QED) is 0.811. The summed E-state index contributed by atoms with van der Waals surface area (Å²) < 4.78 is 0. The van der Waals surface area contributed by atoms with E-state index in [1.54, 1.807) is 0 Å². The van der Waals surface area contributed by atoms with Gasteiger partial charge in [0, 0.05) is 12.8 Å². The topological polar surface area (TPSA) is 20.2 Å². The molecule has 0 bridgehead atoms. The Kier molecular flexibility index (Phi) is 5.19. The van der Waals surface area contributed by atoms with E-state index in [1.807, 2.05) is 18.2 Å². The van der Waals surface area contributed by atoms with Crippen molar-refractivity contribution < 1.29 is 5.11 Å². The van der Waals surface area contributed by atoms with Crippen LogP contribution in [0.15, 0.2) is 54.6 Å². The molecule has 1 N–H and O–H groups in total. The first-order valence-electron chi connectivity index (χ1n) is 7.87. The highest BCUT2D eigenvalue weighted by atomic mass is 16.3. The van der Waals surface area contributed by atoms with Gasteiger partial charge in [0.15, 0.2) is 0 Å². The maximum absolute atomic E-state index is 10.9. The van der Waals surface area contributed by atoms with Crippen molar-refractivity contribution in [1.82, 2.24) is 0 Å². The van der Waals surface area contributed by atoms with Crippen molar-refractivity contribution >= 4 is 0 Å². The first-order chi connectivity index (χ1) is 10.0. The summed E-state index contributed by atoms with van der Waals surface area (Å²) in [5, 5.41) is 10.9. The van der Waals surface area contributed by atoms with E-state index < -0.39 is 5.60 Å². The van der Waals surface area contributed by atoms with E-state index in [2.05, 4.69) is 57.2 Å². The number of aliphatic hydroxyl groups is 1. The molecule has 0 saturated carbocycles. The minimum atomic E-state index is -0.666. The second-order valence-corrected chi connectivity index (χ2v) is 6.31. The summed E-state index contributed by atoms with van der Waals surface area (Å²) >= 11 is 0. The molecule has 0 spiro atoms. The Labute approximate surface area is 128 Å². The maximum atomic E-state index is 10.9. The second-order valence-electron chi connectivity index (χ2n) is 6.31. The van der Waals surface area contributed by atoms with Gasteiger partial charge in [0.25, 0.3) is 0 Å². The van der Waals surface area contributed by atoms with Crippen LogP contribution in [0.3, 0.4) is 0 Å². The smallest absolute Gasteiger partial charge is 0.0725 e. The van der Waals surface area contributed by atoms with Crippen LogP contribution in [-0.4, -0.2) is 10.7 Å². The Hall–Kier alpha value is -1.60. The first-order valence-corrected chi connectivity index (χ1v) is 7.87. The second kappa shape index (κ2) is 6.91. The number of hydrogen-bond acceptors (Lipinski definition) is 1. The number of benzene rings is 2. The van der Waals surface area contributed by atoms with Crippen LogP contribution in [0.5, 0.6) is 0 Å². The minimum Gasteiger partial charge on any atom is -0.389 e. The van der Waals surface area contributed by atoms with Gasteiger partial charge in [0.1, 0.15) is 0 Å². The van der Waals surface area contributed by atoms with Gasteiger partial charge in [-0.2, -0.15) is 0 Å². The lowest BCUT2D eigenvalue weighted by molar-refractivity contribution is 0.0368. The van der Waals surface area contributed by atoms with Crippen molar-refractivity contribution in [3.8, 4) is 0 Å². The molecule has 0 heterocycles. The molecule has 2 rings (SSSR count). The average Bonchev–Trinajstić information content (AvgIpc) is 2.48. The van der Waals surface area contributed by atoms with Crippen LogP contribution in [0.4, 0.5) is 0 Å². The van der Waals surface area contributed by atoms with Crippen molar-refractivity contribution in [3.05, 3.63) is 71.3 Å². The van der Waals surface area contributed by atoms with Gasteiger partial charge in [0.05, 0.1) is 5.60 Å². The number of hydrogen-bond donors (Lipinski definition) is 1. The molecule has 0 fully saturated rings. The Morgan fingerprint density at radius 1 is 0.857 bits per heavy atom. The van der Waals surface area contributed by atoms with E-state index in [9.17, 15) is 5.11 Å². The van der Waals surface area contributed by atoms with E-state index in [-0.39, 0.29) is 0 Å². The molecule has 21 heavy (non-hydrogen) atoms. The van der Waals surface area contributed by atoms with Gasteiger partial charge in [-0.3, -0.25) is 0 Å². The van der Waals surface area contributed by atoms with Gasteiger partial charge in [0.2, 0.25) is 0 Å². The summed E-state index contributed by atoms with van der Waals surface area (Å²) in [6, 6.07) is 18.9. The molecule has 1 unspecified atom stereocenters. The normalized spacial score (nSPS) is 14.1. The molecule has 1 nitrogen and oxygen atoms in total. The summed E-state index contributed by atoms with van der Waals surface area (Å²) in [7, 11) is 0. The fourth-order valence-corrected chi connectivity index (χ4v) is 2.69. The van der Waals surface area contributed by atoms with Crippen LogP contribution in [0.2, 0.25) is 0 Å². The van der Waals surface area contributed by atoms with Crippen LogP contribution in [0.1, 0.15) is 49.8 Å². The van der Waals surface area contributed by atoms with Crippen molar-refractivity contribution in [2.24, 2.45) is 0 Å². The average molecular weight is 282 g/mol. The molecule has 1 heteroatoms. The van der Waals surface area contributed by atoms with Gasteiger partial charge < -0.3 is 5.11 Å². The zero-order valence-corrected chi connectivity index (χ0v) is 13.3. The summed E-state index contributed by atoms with van der Waals surface area (Å²) in [5.74, 6) is 0.549. The third-order valence-electron chi connectivity index (χ3n) is 4.21. The largest absolute Gasteiger partial charge is 0.389 e. The molecule has 112 valence electrons. The van der Waals surface area contributed by atoms with Crippen LogP contribution < -0.4 is 0 Å². The molecule has 0 aliphatic heterocycles. The van der Waals surface area contributed by atoms with Gasteiger partial charge in [-0.15, -0.1) is 0 Å². The van der Waals surface area contributed by atoms with Crippen LogP contribution in [0, 0.1) is 0 Å². The van der Waals surface area contributed by atoms with Gasteiger partial charge in [-0.05, 0) is 29.0 Å². The molecule has 1 atom stereocenters. The predicted octanol–water partition coefficient (Wildman–Crippen LogP) is 4.74. The lowest BCUT2D eigenvalue weighted by Crippen LogP contribution is -2.33. The van der Waals surface area contributed by atoms with E-state index in [4.69, 9.17) is 0 Å². The Morgan fingerprint density at radius 2 is 1.38 bits per heavy atom. The fraction of sp³-hybridized carbons (Fsp3) is 0.400. The molecular formula is C20H26O.